The summed E-state index contributed by atoms with van der Waals surface area (Å²) in [7, 11) is 1.24. The molecular formula is C23H26N4O7. The summed E-state index contributed by atoms with van der Waals surface area (Å²) in [6.45, 7) is 1.79. The van der Waals surface area contributed by atoms with Gasteiger partial charge in [0.05, 0.1) is 19.9 Å². The van der Waals surface area contributed by atoms with Crippen LogP contribution in [0.2, 0.25) is 0 Å². The Bertz CT molecular complexity index is 1260. The molecule has 0 atom stereocenters. The lowest BCUT2D eigenvalue weighted by atomic mass is 10.1. The molecule has 0 saturated heterocycles. The highest BCUT2D eigenvalue weighted by atomic mass is 16.6. The van der Waals surface area contributed by atoms with E-state index in [0.717, 1.165) is 11.3 Å². The minimum atomic E-state index is -0.798. The van der Waals surface area contributed by atoms with Crippen LogP contribution in [-0.4, -0.2) is 35.1 Å². The highest BCUT2D eigenvalue weighted by molar-refractivity contribution is 6.07. The van der Waals surface area contributed by atoms with Crippen LogP contribution in [0.3, 0.4) is 0 Å². The van der Waals surface area contributed by atoms with Crippen molar-refractivity contribution in [2.24, 2.45) is 0 Å². The lowest BCUT2D eigenvalue weighted by Crippen LogP contribution is -2.41. The van der Waals surface area contributed by atoms with Crippen LogP contribution in [0.15, 0.2) is 56.7 Å². The molecule has 180 valence electrons. The fourth-order valence-electron chi connectivity index (χ4n) is 3.26. The number of nitrogens with one attached hydrogen (secondary N) is 1. The number of carbonyl (C=O) groups is 2. The van der Waals surface area contributed by atoms with Crippen molar-refractivity contribution in [3.63, 3.8) is 0 Å². The SMILES string of the molecule is CCCCn1c(N)c(N(Cc2ccco2)C(=O)c2cccc(OCC(=O)OC)c2)c(=O)[nH]c1=O. The van der Waals surface area contributed by atoms with Crippen molar-refractivity contribution in [2.75, 3.05) is 24.4 Å². The second-order valence-electron chi connectivity index (χ2n) is 7.36. The molecule has 2 heterocycles. The van der Waals surface area contributed by atoms with E-state index in [1.165, 1.54) is 30.1 Å². The number of ether oxygens (including phenoxy) is 2. The normalized spacial score (nSPS) is 10.6. The zero-order valence-electron chi connectivity index (χ0n) is 18.9. The molecule has 0 aliphatic carbocycles. The van der Waals surface area contributed by atoms with Crippen molar-refractivity contribution in [3.8, 4) is 5.75 Å². The Morgan fingerprint density at radius 1 is 1.21 bits per heavy atom. The number of unbranched alkanes of at least 4 members (excludes halogenated alkanes) is 1. The molecule has 3 N–H and O–H groups in total. The molecule has 3 aromatic rings. The predicted octanol–water partition coefficient (Wildman–Crippen LogP) is 1.91. The summed E-state index contributed by atoms with van der Waals surface area (Å²) in [5, 5.41) is 0. The first-order chi connectivity index (χ1) is 16.3. The van der Waals surface area contributed by atoms with Gasteiger partial charge in [-0.3, -0.25) is 24.0 Å². The van der Waals surface area contributed by atoms with Crippen molar-refractivity contribution in [3.05, 3.63) is 74.8 Å². The van der Waals surface area contributed by atoms with E-state index in [-0.39, 0.29) is 42.5 Å². The van der Waals surface area contributed by atoms with Crippen molar-refractivity contribution in [1.82, 2.24) is 9.55 Å². The van der Waals surface area contributed by atoms with Gasteiger partial charge in [0.2, 0.25) is 0 Å². The number of nitrogens with zero attached hydrogens (tertiary/aromatic N) is 2. The molecular weight excluding hydrogens is 444 g/mol. The molecule has 0 aliphatic heterocycles. The number of H-pyrrole nitrogens is 1. The number of methoxy groups -OCH3 is 1. The van der Waals surface area contributed by atoms with Gasteiger partial charge in [0.15, 0.2) is 12.3 Å². The van der Waals surface area contributed by atoms with Gasteiger partial charge in [-0.25, -0.2) is 9.59 Å². The number of hydrogen-bond acceptors (Lipinski definition) is 8. The number of nitrogen functional groups attached to an aromatic ring is 1. The van der Waals surface area contributed by atoms with Gasteiger partial charge in [0, 0.05) is 12.1 Å². The van der Waals surface area contributed by atoms with Crippen molar-refractivity contribution in [2.45, 2.75) is 32.9 Å². The Morgan fingerprint density at radius 3 is 2.68 bits per heavy atom. The third-order valence-electron chi connectivity index (χ3n) is 5.02. The number of hydrogen-bond donors (Lipinski definition) is 2. The molecule has 0 fully saturated rings. The number of carbonyl (C=O) groups excluding carboxylic acids is 2. The van der Waals surface area contributed by atoms with E-state index in [2.05, 4.69) is 9.72 Å². The molecule has 0 aliphatic rings. The quantitative estimate of drug-likeness (QED) is 0.427. The van der Waals surface area contributed by atoms with Crippen LogP contribution in [0.1, 0.15) is 35.9 Å². The Labute approximate surface area is 194 Å². The Kier molecular flexibility index (Phi) is 7.91. The third kappa shape index (κ3) is 5.55. The number of benzene rings is 1. The number of aromatic amines is 1. The second kappa shape index (κ2) is 11.0. The summed E-state index contributed by atoms with van der Waals surface area (Å²) in [6.07, 6.45) is 2.89. The molecule has 34 heavy (non-hydrogen) atoms. The van der Waals surface area contributed by atoms with E-state index in [4.69, 9.17) is 14.9 Å². The average Bonchev–Trinajstić information content (AvgIpc) is 3.34. The van der Waals surface area contributed by atoms with Crippen molar-refractivity contribution >= 4 is 23.4 Å². The molecule has 11 nitrogen and oxygen atoms in total. The first-order valence-electron chi connectivity index (χ1n) is 10.6. The number of furan rings is 1. The van der Waals surface area contributed by atoms with Crippen LogP contribution in [0.4, 0.5) is 11.5 Å². The van der Waals surface area contributed by atoms with Gasteiger partial charge in [0.25, 0.3) is 11.5 Å². The number of nitrogens with two attached hydrogens (primary N) is 1. The minimum Gasteiger partial charge on any atom is -0.482 e. The smallest absolute Gasteiger partial charge is 0.343 e. The summed E-state index contributed by atoms with van der Waals surface area (Å²) in [6, 6.07) is 9.39. The topological polar surface area (TPSA) is 150 Å². The molecule has 0 unspecified atom stereocenters. The maximum atomic E-state index is 13.6. The Balaban J connectivity index is 2.05. The standard InChI is InChI=1S/C23H26N4O7/c1-3-4-10-26-20(24)19(21(29)25-23(26)31)27(13-17-9-6-11-33-17)22(30)15-7-5-8-16(12-15)34-14-18(28)32-2/h5-9,11-12H,3-4,10,13-14,24H2,1-2H3,(H,25,29,31). The van der Waals surface area contributed by atoms with E-state index < -0.39 is 23.1 Å². The van der Waals surface area contributed by atoms with Crippen molar-refractivity contribution < 1.29 is 23.5 Å². The van der Waals surface area contributed by atoms with E-state index in [0.29, 0.717) is 12.2 Å². The van der Waals surface area contributed by atoms with E-state index in [1.54, 1.807) is 24.3 Å². The number of aromatic nitrogens is 2. The summed E-state index contributed by atoms with van der Waals surface area (Å²) in [4.78, 5) is 53.5. The highest BCUT2D eigenvalue weighted by Gasteiger charge is 2.26. The molecule has 0 spiro atoms. The van der Waals surface area contributed by atoms with Gasteiger partial charge < -0.3 is 19.6 Å². The number of rotatable bonds is 10. The number of amides is 1. The zero-order valence-corrected chi connectivity index (χ0v) is 18.9. The van der Waals surface area contributed by atoms with Crippen LogP contribution >= 0.6 is 0 Å². The summed E-state index contributed by atoms with van der Waals surface area (Å²) >= 11 is 0. The maximum absolute atomic E-state index is 13.6. The molecule has 11 heteroatoms. The fourth-order valence-corrected chi connectivity index (χ4v) is 3.26. The zero-order chi connectivity index (χ0) is 24.7. The lowest BCUT2D eigenvalue weighted by molar-refractivity contribution is -0.142. The lowest BCUT2D eigenvalue weighted by Gasteiger charge is -2.24. The molecule has 0 bridgehead atoms. The molecule has 2 aromatic heterocycles. The monoisotopic (exact) mass is 470 g/mol. The van der Waals surface area contributed by atoms with Gasteiger partial charge >= 0.3 is 11.7 Å². The van der Waals surface area contributed by atoms with E-state index in [9.17, 15) is 19.2 Å². The largest absolute Gasteiger partial charge is 0.482 e. The van der Waals surface area contributed by atoms with E-state index >= 15 is 0 Å². The Morgan fingerprint density at radius 2 is 2.00 bits per heavy atom. The van der Waals surface area contributed by atoms with Crippen LogP contribution in [0.25, 0.3) is 0 Å². The minimum absolute atomic E-state index is 0.113. The van der Waals surface area contributed by atoms with E-state index in [1.807, 2.05) is 6.92 Å². The second-order valence-corrected chi connectivity index (χ2v) is 7.36. The fraction of sp³-hybridized carbons (Fsp3) is 0.304. The van der Waals surface area contributed by atoms with Crippen molar-refractivity contribution in [1.29, 1.82) is 0 Å². The first-order valence-corrected chi connectivity index (χ1v) is 10.6. The van der Waals surface area contributed by atoms with Gasteiger partial charge in [-0.1, -0.05) is 19.4 Å². The summed E-state index contributed by atoms with van der Waals surface area (Å²) in [5.41, 5.74) is 4.79. The molecule has 1 aromatic carbocycles. The van der Waals surface area contributed by atoms with Gasteiger partial charge in [-0.2, -0.15) is 0 Å². The van der Waals surface area contributed by atoms with Crippen LogP contribution in [-0.2, 0) is 22.6 Å². The number of anilines is 2. The van der Waals surface area contributed by atoms with Crippen LogP contribution < -0.4 is 26.6 Å². The average molecular weight is 470 g/mol. The predicted molar refractivity (Wildman–Crippen MR) is 124 cm³/mol. The maximum Gasteiger partial charge on any atom is 0.343 e. The number of esters is 1. The van der Waals surface area contributed by atoms with Crippen LogP contribution in [0, 0.1) is 0 Å². The van der Waals surface area contributed by atoms with Gasteiger partial charge in [-0.05, 0) is 36.8 Å². The Hall–Kier alpha value is -4.28. The molecule has 0 saturated carbocycles. The van der Waals surface area contributed by atoms with Crippen LogP contribution in [0.5, 0.6) is 5.75 Å². The molecule has 3 rings (SSSR count). The summed E-state index contributed by atoms with van der Waals surface area (Å²) in [5.74, 6) is -0.636. The third-order valence-corrected chi connectivity index (χ3v) is 5.02. The first kappa shape index (κ1) is 24.4. The summed E-state index contributed by atoms with van der Waals surface area (Å²) < 4.78 is 16.5. The molecule has 1 amide bonds. The van der Waals surface area contributed by atoms with Gasteiger partial charge in [0.1, 0.15) is 17.3 Å². The van der Waals surface area contributed by atoms with Gasteiger partial charge in [-0.15, -0.1) is 0 Å². The molecule has 0 radical (unpaired) electrons. The highest BCUT2D eigenvalue weighted by Crippen LogP contribution is 2.24.